The molecule has 0 aliphatic rings. The third-order valence-corrected chi connectivity index (χ3v) is 1.98. The number of phenols is 1. The van der Waals surface area contributed by atoms with E-state index in [-0.39, 0.29) is 5.75 Å². The molecular weight excluding hydrogens is 194 g/mol. The van der Waals surface area contributed by atoms with Crippen LogP contribution < -0.4 is 5.32 Å². The Morgan fingerprint density at radius 2 is 2.27 bits per heavy atom. The number of carbonyl (C=O) groups excluding carboxylic acids is 1. The molecule has 0 bridgehead atoms. The van der Waals surface area contributed by atoms with Crippen LogP contribution in [0.15, 0.2) is 18.2 Å². The Kier molecular flexibility index (Phi) is 3.97. The second-order valence-corrected chi connectivity index (χ2v) is 3.15. The topological polar surface area (TPSA) is 58.6 Å². The van der Waals surface area contributed by atoms with Gasteiger partial charge in [-0.15, -0.1) is 0 Å². The molecule has 0 amide bonds. The van der Waals surface area contributed by atoms with Crippen molar-refractivity contribution in [2.45, 2.75) is 13.3 Å². The molecule has 0 fully saturated rings. The smallest absolute Gasteiger partial charge is 0.337 e. The van der Waals surface area contributed by atoms with Gasteiger partial charge in [0.25, 0.3) is 0 Å². The number of anilines is 1. The van der Waals surface area contributed by atoms with Crippen molar-refractivity contribution in [2.24, 2.45) is 0 Å². The summed E-state index contributed by atoms with van der Waals surface area (Å²) in [5.74, 6) is -0.273. The maximum atomic E-state index is 11.2. The lowest BCUT2D eigenvalue weighted by atomic mass is 10.2. The van der Waals surface area contributed by atoms with Crippen molar-refractivity contribution >= 4 is 11.7 Å². The zero-order valence-corrected chi connectivity index (χ0v) is 8.91. The highest BCUT2D eigenvalue weighted by Gasteiger charge is 2.08. The van der Waals surface area contributed by atoms with E-state index in [9.17, 15) is 9.90 Å². The van der Waals surface area contributed by atoms with E-state index in [4.69, 9.17) is 0 Å². The molecule has 0 radical (unpaired) electrons. The second-order valence-electron chi connectivity index (χ2n) is 3.15. The van der Waals surface area contributed by atoms with Crippen LogP contribution in [0.2, 0.25) is 0 Å². The molecule has 0 aromatic heterocycles. The van der Waals surface area contributed by atoms with Crippen LogP contribution in [0.25, 0.3) is 0 Å². The molecule has 0 unspecified atom stereocenters. The van der Waals surface area contributed by atoms with Gasteiger partial charge in [0.05, 0.1) is 18.4 Å². The summed E-state index contributed by atoms with van der Waals surface area (Å²) in [4.78, 5) is 11.2. The first-order valence-electron chi connectivity index (χ1n) is 4.84. The Labute approximate surface area is 88.9 Å². The predicted molar refractivity (Wildman–Crippen MR) is 58.2 cm³/mol. The summed E-state index contributed by atoms with van der Waals surface area (Å²) in [6.07, 6.45) is 0.946. The molecule has 1 aromatic carbocycles. The molecule has 15 heavy (non-hydrogen) atoms. The summed E-state index contributed by atoms with van der Waals surface area (Å²) in [6, 6.07) is 4.58. The Hall–Kier alpha value is -1.71. The number of rotatable bonds is 4. The van der Waals surface area contributed by atoms with E-state index in [0.717, 1.165) is 13.0 Å². The predicted octanol–water partition coefficient (Wildman–Crippen LogP) is 2.00. The number of aromatic hydroxyl groups is 1. The maximum absolute atomic E-state index is 11.2. The average molecular weight is 209 g/mol. The number of ether oxygens (including phenoxy) is 1. The average Bonchev–Trinajstić information content (AvgIpc) is 2.27. The van der Waals surface area contributed by atoms with Gasteiger partial charge in [0.15, 0.2) is 0 Å². The van der Waals surface area contributed by atoms with Gasteiger partial charge in [0.2, 0.25) is 0 Å². The van der Waals surface area contributed by atoms with Crippen molar-refractivity contribution in [1.29, 1.82) is 0 Å². The zero-order valence-electron chi connectivity index (χ0n) is 8.91. The highest BCUT2D eigenvalue weighted by molar-refractivity contribution is 5.91. The molecule has 0 aliphatic carbocycles. The lowest BCUT2D eigenvalue weighted by Crippen LogP contribution is -2.04. The van der Waals surface area contributed by atoms with E-state index < -0.39 is 5.97 Å². The summed E-state index contributed by atoms with van der Waals surface area (Å²) >= 11 is 0. The van der Waals surface area contributed by atoms with E-state index in [1.165, 1.54) is 19.2 Å². The highest BCUT2D eigenvalue weighted by Crippen LogP contribution is 2.24. The number of esters is 1. The monoisotopic (exact) mass is 209 g/mol. The minimum atomic E-state index is -0.408. The number of hydrogen-bond acceptors (Lipinski definition) is 4. The van der Waals surface area contributed by atoms with Gasteiger partial charge >= 0.3 is 5.97 Å². The lowest BCUT2D eigenvalue weighted by Gasteiger charge is -2.08. The molecule has 1 rings (SSSR count). The molecular formula is C11H15NO3. The Morgan fingerprint density at radius 1 is 1.53 bits per heavy atom. The summed E-state index contributed by atoms with van der Waals surface area (Å²) < 4.78 is 4.59. The fourth-order valence-electron chi connectivity index (χ4n) is 1.18. The van der Waals surface area contributed by atoms with Crippen molar-refractivity contribution in [3.05, 3.63) is 23.8 Å². The van der Waals surface area contributed by atoms with Crippen LogP contribution in [0.3, 0.4) is 0 Å². The molecule has 0 saturated heterocycles. The van der Waals surface area contributed by atoms with Gasteiger partial charge in [-0.25, -0.2) is 4.79 Å². The molecule has 2 N–H and O–H groups in total. The maximum Gasteiger partial charge on any atom is 0.337 e. The first kappa shape index (κ1) is 11.4. The van der Waals surface area contributed by atoms with Gasteiger partial charge in [0.1, 0.15) is 5.75 Å². The number of benzene rings is 1. The molecule has 4 heteroatoms. The normalized spacial score (nSPS) is 9.73. The van der Waals surface area contributed by atoms with Crippen molar-refractivity contribution in [1.82, 2.24) is 0 Å². The van der Waals surface area contributed by atoms with Gasteiger partial charge in [0, 0.05) is 6.54 Å². The molecule has 0 aliphatic heterocycles. The summed E-state index contributed by atoms with van der Waals surface area (Å²) in [7, 11) is 1.33. The molecule has 0 saturated carbocycles. The van der Waals surface area contributed by atoms with Crippen LogP contribution in [0.5, 0.6) is 5.75 Å². The van der Waals surface area contributed by atoms with E-state index in [0.29, 0.717) is 11.3 Å². The van der Waals surface area contributed by atoms with Gasteiger partial charge < -0.3 is 15.2 Å². The first-order chi connectivity index (χ1) is 7.19. The van der Waals surface area contributed by atoms with Crippen LogP contribution in [-0.2, 0) is 4.74 Å². The fourth-order valence-corrected chi connectivity index (χ4v) is 1.18. The van der Waals surface area contributed by atoms with Crippen LogP contribution >= 0.6 is 0 Å². The molecule has 82 valence electrons. The quantitative estimate of drug-likeness (QED) is 0.588. The number of methoxy groups -OCH3 is 1. The van der Waals surface area contributed by atoms with Crippen molar-refractivity contribution in [2.75, 3.05) is 19.0 Å². The van der Waals surface area contributed by atoms with E-state index >= 15 is 0 Å². The molecule has 0 spiro atoms. The zero-order chi connectivity index (χ0) is 11.3. The van der Waals surface area contributed by atoms with E-state index in [1.54, 1.807) is 6.07 Å². The largest absolute Gasteiger partial charge is 0.506 e. The van der Waals surface area contributed by atoms with Crippen molar-refractivity contribution < 1.29 is 14.6 Å². The van der Waals surface area contributed by atoms with E-state index in [2.05, 4.69) is 10.1 Å². The number of hydrogen-bond donors (Lipinski definition) is 2. The van der Waals surface area contributed by atoms with Crippen LogP contribution in [0.1, 0.15) is 23.7 Å². The number of phenolic OH excluding ortho intramolecular Hbond substituents is 1. The Balaban J connectivity index is 2.89. The first-order valence-corrected chi connectivity index (χ1v) is 4.84. The minimum absolute atomic E-state index is 0.135. The minimum Gasteiger partial charge on any atom is -0.506 e. The van der Waals surface area contributed by atoms with Gasteiger partial charge in [-0.1, -0.05) is 6.92 Å². The second kappa shape index (κ2) is 5.24. The SMILES string of the molecule is CCCNc1cc(C(=O)OC)ccc1O. The van der Waals surface area contributed by atoms with Crippen molar-refractivity contribution in [3.63, 3.8) is 0 Å². The third-order valence-electron chi connectivity index (χ3n) is 1.98. The number of nitrogens with one attached hydrogen (secondary N) is 1. The third kappa shape index (κ3) is 2.87. The van der Waals surface area contributed by atoms with Crippen LogP contribution in [0.4, 0.5) is 5.69 Å². The standard InChI is InChI=1S/C11H15NO3/c1-3-6-12-9-7-8(11(14)15-2)4-5-10(9)13/h4-5,7,12-13H,3,6H2,1-2H3. The van der Waals surface area contributed by atoms with Gasteiger partial charge in [-0.05, 0) is 24.6 Å². The summed E-state index contributed by atoms with van der Waals surface area (Å²) in [5, 5.41) is 12.5. The van der Waals surface area contributed by atoms with Crippen LogP contribution in [0, 0.1) is 0 Å². The molecule has 0 atom stereocenters. The molecule has 1 aromatic rings. The Morgan fingerprint density at radius 3 is 2.87 bits per heavy atom. The van der Waals surface area contributed by atoms with Gasteiger partial charge in [-0.3, -0.25) is 0 Å². The fraction of sp³-hybridized carbons (Fsp3) is 0.364. The molecule has 4 nitrogen and oxygen atoms in total. The highest BCUT2D eigenvalue weighted by atomic mass is 16.5. The van der Waals surface area contributed by atoms with Crippen LogP contribution in [-0.4, -0.2) is 24.7 Å². The Bertz CT molecular complexity index is 350. The molecule has 0 heterocycles. The van der Waals surface area contributed by atoms with Crippen molar-refractivity contribution in [3.8, 4) is 5.75 Å². The van der Waals surface area contributed by atoms with Gasteiger partial charge in [-0.2, -0.15) is 0 Å². The lowest BCUT2D eigenvalue weighted by molar-refractivity contribution is 0.0601. The summed E-state index contributed by atoms with van der Waals surface area (Å²) in [5.41, 5.74) is 0.980. The number of carbonyl (C=O) groups is 1. The summed E-state index contributed by atoms with van der Waals surface area (Å²) in [6.45, 7) is 2.77. The van der Waals surface area contributed by atoms with E-state index in [1.807, 2.05) is 6.92 Å².